The van der Waals surface area contributed by atoms with Crippen LogP contribution in [0.5, 0.6) is 0 Å². The minimum Gasteiger partial charge on any atom is -0.378 e. The molecule has 2 rings (SSSR count). The van der Waals surface area contributed by atoms with Gasteiger partial charge in [0.05, 0.1) is 29.1 Å². The number of carbonyl (C=O) groups excluding carboxylic acids is 1. The van der Waals surface area contributed by atoms with Crippen LogP contribution in [0.1, 0.15) is 31.2 Å². The second-order valence-electron chi connectivity index (χ2n) is 4.62. The van der Waals surface area contributed by atoms with Crippen LogP contribution in [0, 0.1) is 19.8 Å². The van der Waals surface area contributed by atoms with E-state index < -0.39 is 0 Å². The van der Waals surface area contributed by atoms with Gasteiger partial charge in [0.2, 0.25) is 5.91 Å². The van der Waals surface area contributed by atoms with E-state index in [0.717, 1.165) is 36.5 Å². The Bertz CT molecular complexity index is 394. The third-order valence-electron chi connectivity index (χ3n) is 3.32. The first kappa shape index (κ1) is 12.1. The third kappa shape index (κ3) is 2.49. The van der Waals surface area contributed by atoms with E-state index >= 15 is 0 Å². The maximum Gasteiger partial charge on any atom is 0.230 e. The molecule has 2 unspecified atom stereocenters. The van der Waals surface area contributed by atoms with E-state index in [1.165, 1.54) is 0 Å². The van der Waals surface area contributed by atoms with Crippen molar-refractivity contribution in [1.82, 2.24) is 10.2 Å². The van der Waals surface area contributed by atoms with Crippen molar-refractivity contribution in [2.24, 2.45) is 5.92 Å². The van der Waals surface area contributed by atoms with Gasteiger partial charge in [0.25, 0.3) is 0 Å². The zero-order valence-corrected chi connectivity index (χ0v) is 10.5. The first-order chi connectivity index (χ1) is 8.09. The molecule has 5 nitrogen and oxygen atoms in total. The lowest BCUT2D eigenvalue weighted by Gasteiger charge is -2.28. The maximum atomic E-state index is 12.1. The van der Waals surface area contributed by atoms with Crippen molar-refractivity contribution in [3.8, 4) is 0 Å². The molecular weight excluding hydrogens is 218 g/mol. The van der Waals surface area contributed by atoms with Crippen LogP contribution in [0.15, 0.2) is 0 Å². The van der Waals surface area contributed by atoms with E-state index in [2.05, 4.69) is 15.5 Å². The molecule has 1 aliphatic rings. The summed E-state index contributed by atoms with van der Waals surface area (Å²) in [5.74, 6) is -0.0257. The largest absolute Gasteiger partial charge is 0.378 e. The van der Waals surface area contributed by atoms with Crippen LogP contribution >= 0.6 is 0 Å². The van der Waals surface area contributed by atoms with Crippen LogP contribution < -0.4 is 5.32 Å². The Morgan fingerprint density at radius 1 is 1.53 bits per heavy atom. The van der Waals surface area contributed by atoms with Gasteiger partial charge < -0.3 is 10.1 Å². The lowest BCUT2D eigenvalue weighted by molar-refractivity contribution is -0.127. The van der Waals surface area contributed by atoms with E-state index in [1.54, 1.807) is 0 Å². The van der Waals surface area contributed by atoms with Crippen LogP contribution in [0.4, 0.5) is 5.69 Å². The molecule has 0 bridgehead atoms. The molecule has 0 aliphatic carbocycles. The number of nitrogens with one attached hydrogen (secondary N) is 2. The summed E-state index contributed by atoms with van der Waals surface area (Å²) in [6.07, 6.45) is 1.84. The number of H-pyrrole nitrogens is 1. The summed E-state index contributed by atoms with van der Waals surface area (Å²) in [5, 5.41) is 9.87. The number of aromatic nitrogens is 2. The van der Waals surface area contributed by atoms with Gasteiger partial charge in [-0.15, -0.1) is 0 Å². The molecule has 1 amide bonds. The number of nitrogens with zero attached hydrogens (tertiary/aromatic N) is 1. The Labute approximate surface area is 101 Å². The first-order valence-electron chi connectivity index (χ1n) is 6.03. The number of amides is 1. The number of carbonyl (C=O) groups is 1. The second kappa shape index (κ2) is 4.87. The number of hydrogen-bond acceptors (Lipinski definition) is 3. The van der Waals surface area contributed by atoms with Crippen molar-refractivity contribution in [2.45, 2.75) is 39.7 Å². The Kier molecular flexibility index (Phi) is 3.47. The monoisotopic (exact) mass is 237 g/mol. The van der Waals surface area contributed by atoms with Crippen LogP contribution in [0.3, 0.4) is 0 Å². The molecule has 5 heteroatoms. The zero-order chi connectivity index (χ0) is 12.4. The molecule has 0 saturated carbocycles. The Morgan fingerprint density at radius 2 is 2.29 bits per heavy atom. The number of aromatic amines is 1. The van der Waals surface area contributed by atoms with Gasteiger partial charge in [0.15, 0.2) is 0 Å². The summed E-state index contributed by atoms with van der Waals surface area (Å²) in [6, 6.07) is 0. The molecule has 1 aliphatic heterocycles. The van der Waals surface area contributed by atoms with E-state index in [0.29, 0.717) is 0 Å². The fourth-order valence-corrected chi connectivity index (χ4v) is 2.22. The van der Waals surface area contributed by atoms with Crippen LogP contribution in [0.2, 0.25) is 0 Å². The molecule has 1 saturated heterocycles. The van der Waals surface area contributed by atoms with Gasteiger partial charge in [-0.1, -0.05) is 0 Å². The van der Waals surface area contributed by atoms with Gasteiger partial charge in [-0.05, 0) is 33.6 Å². The van der Waals surface area contributed by atoms with Crippen molar-refractivity contribution in [3.63, 3.8) is 0 Å². The number of aryl methyl sites for hydroxylation is 2. The van der Waals surface area contributed by atoms with Gasteiger partial charge in [-0.25, -0.2) is 0 Å². The molecule has 0 radical (unpaired) electrons. The van der Waals surface area contributed by atoms with Crippen LogP contribution in [-0.4, -0.2) is 28.8 Å². The van der Waals surface area contributed by atoms with Crippen LogP contribution in [-0.2, 0) is 9.53 Å². The number of hydrogen-bond donors (Lipinski definition) is 2. The molecule has 0 aromatic carbocycles. The lowest BCUT2D eigenvalue weighted by Crippen LogP contribution is -2.36. The second-order valence-corrected chi connectivity index (χ2v) is 4.62. The fraction of sp³-hybridized carbons (Fsp3) is 0.667. The van der Waals surface area contributed by atoms with Gasteiger partial charge >= 0.3 is 0 Å². The summed E-state index contributed by atoms with van der Waals surface area (Å²) in [5.41, 5.74) is 2.51. The topological polar surface area (TPSA) is 67.0 Å². The molecule has 94 valence electrons. The average molecular weight is 237 g/mol. The highest BCUT2D eigenvalue weighted by molar-refractivity contribution is 5.94. The van der Waals surface area contributed by atoms with E-state index in [9.17, 15) is 4.79 Å². The molecule has 2 atom stereocenters. The van der Waals surface area contributed by atoms with E-state index in [4.69, 9.17) is 4.74 Å². The molecule has 1 fully saturated rings. The van der Waals surface area contributed by atoms with Crippen molar-refractivity contribution in [1.29, 1.82) is 0 Å². The van der Waals surface area contributed by atoms with Gasteiger partial charge in [-0.2, -0.15) is 5.10 Å². The van der Waals surface area contributed by atoms with Gasteiger partial charge in [0.1, 0.15) is 0 Å². The molecule has 2 heterocycles. The Morgan fingerprint density at radius 3 is 2.88 bits per heavy atom. The Balaban J connectivity index is 2.06. The van der Waals surface area contributed by atoms with Crippen molar-refractivity contribution in [3.05, 3.63) is 11.4 Å². The average Bonchev–Trinajstić information content (AvgIpc) is 2.61. The summed E-state index contributed by atoms with van der Waals surface area (Å²) in [4.78, 5) is 12.1. The molecule has 1 aromatic rings. The predicted octanol–water partition coefficient (Wildman–Crippen LogP) is 1.78. The van der Waals surface area contributed by atoms with E-state index in [1.807, 2.05) is 20.8 Å². The summed E-state index contributed by atoms with van der Waals surface area (Å²) in [7, 11) is 0. The highest BCUT2D eigenvalue weighted by Gasteiger charge is 2.29. The lowest BCUT2D eigenvalue weighted by atomic mass is 9.94. The van der Waals surface area contributed by atoms with Crippen LogP contribution in [0.25, 0.3) is 0 Å². The fourth-order valence-electron chi connectivity index (χ4n) is 2.22. The smallest absolute Gasteiger partial charge is 0.230 e. The molecule has 1 aromatic heterocycles. The van der Waals surface area contributed by atoms with Gasteiger partial charge in [0, 0.05) is 6.61 Å². The summed E-state index contributed by atoms with van der Waals surface area (Å²) < 4.78 is 5.51. The summed E-state index contributed by atoms with van der Waals surface area (Å²) >= 11 is 0. The predicted molar refractivity (Wildman–Crippen MR) is 64.8 cm³/mol. The molecular formula is C12H19N3O2. The highest BCUT2D eigenvalue weighted by atomic mass is 16.5. The van der Waals surface area contributed by atoms with Gasteiger partial charge in [-0.3, -0.25) is 9.89 Å². The third-order valence-corrected chi connectivity index (χ3v) is 3.32. The number of rotatable bonds is 2. The number of anilines is 1. The zero-order valence-electron chi connectivity index (χ0n) is 10.5. The Hall–Kier alpha value is -1.36. The molecule has 17 heavy (non-hydrogen) atoms. The minimum atomic E-state index is -0.0579. The van der Waals surface area contributed by atoms with E-state index in [-0.39, 0.29) is 17.9 Å². The summed E-state index contributed by atoms with van der Waals surface area (Å²) in [6.45, 7) is 6.49. The minimum absolute atomic E-state index is 0.00346. The van der Waals surface area contributed by atoms with Crippen molar-refractivity contribution >= 4 is 11.6 Å². The standard InChI is InChI=1S/C12H19N3O2/c1-7-11(8(2)15-14-7)13-12(16)10-5-4-6-17-9(10)3/h9-10H,4-6H2,1-3H3,(H,13,16)(H,14,15). The highest BCUT2D eigenvalue weighted by Crippen LogP contribution is 2.24. The quantitative estimate of drug-likeness (QED) is 0.824. The van der Waals surface area contributed by atoms with Crippen molar-refractivity contribution in [2.75, 3.05) is 11.9 Å². The first-order valence-corrected chi connectivity index (χ1v) is 6.03. The normalized spacial score (nSPS) is 24.6. The maximum absolute atomic E-state index is 12.1. The van der Waals surface area contributed by atoms with Crippen molar-refractivity contribution < 1.29 is 9.53 Å². The molecule has 2 N–H and O–H groups in total. The molecule has 0 spiro atoms. The number of ether oxygens (including phenoxy) is 1. The SMILES string of the molecule is Cc1n[nH]c(C)c1NC(=O)C1CCCOC1C.